The van der Waals surface area contributed by atoms with Gasteiger partial charge in [0.1, 0.15) is 0 Å². The Morgan fingerprint density at radius 3 is 2.87 bits per heavy atom. The molecule has 2 heteroatoms. The van der Waals surface area contributed by atoms with Crippen LogP contribution in [-0.2, 0) is 0 Å². The Balaban J connectivity index is 2.07. The van der Waals surface area contributed by atoms with Crippen molar-refractivity contribution in [1.82, 2.24) is 5.32 Å². The SMILES string of the molecule is CCCC1=C(C)N[C@H]2CCC(SC)CC12. The minimum absolute atomic E-state index is 0.773. The molecule has 0 aromatic rings. The highest BCUT2D eigenvalue weighted by Gasteiger charge is 2.36. The largest absolute Gasteiger partial charge is 0.385 e. The number of rotatable bonds is 3. The van der Waals surface area contributed by atoms with Gasteiger partial charge in [-0.2, -0.15) is 11.8 Å². The van der Waals surface area contributed by atoms with Crippen molar-refractivity contribution in [3.8, 4) is 0 Å². The molecule has 1 aliphatic carbocycles. The molecule has 86 valence electrons. The third kappa shape index (κ3) is 2.20. The molecule has 3 atom stereocenters. The summed E-state index contributed by atoms with van der Waals surface area (Å²) in [6.45, 7) is 4.57. The molecule has 1 fully saturated rings. The fourth-order valence-corrected chi connectivity index (χ4v) is 3.97. The summed E-state index contributed by atoms with van der Waals surface area (Å²) in [6.07, 6.45) is 9.06. The first kappa shape index (κ1) is 11.4. The van der Waals surface area contributed by atoms with Gasteiger partial charge in [0.2, 0.25) is 0 Å². The molecule has 2 rings (SSSR count). The third-order valence-electron chi connectivity index (χ3n) is 3.99. The highest BCUT2D eigenvalue weighted by Crippen LogP contribution is 2.41. The summed E-state index contributed by atoms with van der Waals surface area (Å²) in [5, 5.41) is 4.61. The molecule has 1 heterocycles. The molecular weight excluding hydrogens is 202 g/mol. The zero-order chi connectivity index (χ0) is 10.8. The van der Waals surface area contributed by atoms with Crippen molar-refractivity contribution in [2.24, 2.45) is 5.92 Å². The monoisotopic (exact) mass is 225 g/mol. The molecule has 2 aliphatic rings. The summed E-state index contributed by atoms with van der Waals surface area (Å²) in [6, 6.07) is 0.773. The van der Waals surface area contributed by atoms with Crippen LogP contribution in [0.4, 0.5) is 0 Å². The molecular formula is C13H23NS. The fraction of sp³-hybridized carbons (Fsp3) is 0.846. The van der Waals surface area contributed by atoms with E-state index in [4.69, 9.17) is 0 Å². The second-order valence-electron chi connectivity index (χ2n) is 4.93. The summed E-state index contributed by atoms with van der Waals surface area (Å²) >= 11 is 2.07. The molecule has 0 spiro atoms. The summed E-state index contributed by atoms with van der Waals surface area (Å²) < 4.78 is 0. The molecule has 1 saturated carbocycles. The maximum Gasteiger partial charge on any atom is 0.0325 e. The van der Waals surface area contributed by atoms with Crippen LogP contribution < -0.4 is 5.32 Å². The fourth-order valence-electron chi connectivity index (χ4n) is 3.20. The minimum Gasteiger partial charge on any atom is -0.385 e. The van der Waals surface area contributed by atoms with Gasteiger partial charge >= 0.3 is 0 Å². The van der Waals surface area contributed by atoms with Gasteiger partial charge in [-0.05, 0) is 44.4 Å². The summed E-state index contributed by atoms with van der Waals surface area (Å²) in [5.74, 6) is 0.858. The van der Waals surface area contributed by atoms with Gasteiger partial charge in [0.25, 0.3) is 0 Å². The van der Waals surface area contributed by atoms with E-state index in [9.17, 15) is 0 Å². The van der Waals surface area contributed by atoms with Crippen LogP contribution in [0.15, 0.2) is 11.3 Å². The predicted molar refractivity (Wildman–Crippen MR) is 69.2 cm³/mol. The Kier molecular flexibility index (Phi) is 3.65. The van der Waals surface area contributed by atoms with Crippen LogP contribution in [0.3, 0.4) is 0 Å². The number of hydrogen-bond donors (Lipinski definition) is 1. The maximum absolute atomic E-state index is 3.71. The number of nitrogens with one attached hydrogen (secondary N) is 1. The van der Waals surface area contributed by atoms with Crippen molar-refractivity contribution in [3.05, 3.63) is 11.3 Å². The van der Waals surface area contributed by atoms with E-state index in [0.29, 0.717) is 0 Å². The first-order valence-electron chi connectivity index (χ1n) is 6.25. The summed E-state index contributed by atoms with van der Waals surface area (Å²) in [5.41, 5.74) is 3.23. The van der Waals surface area contributed by atoms with Gasteiger partial charge in [0, 0.05) is 22.9 Å². The second kappa shape index (κ2) is 4.82. The van der Waals surface area contributed by atoms with Crippen molar-refractivity contribution < 1.29 is 0 Å². The average Bonchev–Trinajstić information content (AvgIpc) is 2.55. The van der Waals surface area contributed by atoms with Crippen LogP contribution >= 0.6 is 11.8 Å². The van der Waals surface area contributed by atoms with Gasteiger partial charge in [-0.15, -0.1) is 0 Å². The van der Waals surface area contributed by atoms with E-state index in [1.54, 1.807) is 5.57 Å². The van der Waals surface area contributed by atoms with E-state index in [-0.39, 0.29) is 0 Å². The highest BCUT2D eigenvalue weighted by atomic mass is 32.2. The molecule has 1 nitrogen and oxygen atoms in total. The lowest BCUT2D eigenvalue weighted by molar-refractivity contribution is 0.343. The Morgan fingerprint density at radius 1 is 1.40 bits per heavy atom. The van der Waals surface area contributed by atoms with Crippen LogP contribution in [0.25, 0.3) is 0 Å². The van der Waals surface area contributed by atoms with E-state index < -0.39 is 0 Å². The first-order valence-corrected chi connectivity index (χ1v) is 7.54. The lowest BCUT2D eigenvalue weighted by Crippen LogP contribution is -2.35. The predicted octanol–water partition coefficient (Wildman–Crippen LogP) is 3.56. The summed E-state index contributed by atoms with van der Waals surface area (Å²) in [4.78, 5) is 0. The molecule has 15 heavy (non-hydrogen) atoms. The van der Waals surface area contributed by atoms with Gasteiger partial charge in [0.15, 0.2) is 0 Å². The number of hydrogen-bond acceptors (Lipinski definition) is 2. The Labute approximate surface area is 98.1 Å². The maximum atomic E-state index is 3.71. The Bertz CT molecular complexity index is 259. The first-order chi connectivity index (χ1) is 7.26. The van der Waals surface area contributed by atoms with Gasteiger partial charge in [-0.25, -0.2) is 0 Å². The normalized spacial score (nSPS) is 35.3. The lowest BCUT2D eigenvalue weighted by Gasteiger charge is -2.32. The number of thioether (sulfide) groups is 1. The van der Waals surface area contributed by atoms with Crippen LogP contribution in [0.5, 0.6) is 0 Å². The second-order valence-corrected chi connectivity index (χ2v) is 6.07. The van der Waals surface area contributed by atoms with Crippen molar-refractivity contribution in [1.29, 1.82) is 0 Å². The molecule has 0 aromatic carbocycles. The van der Waals surface area contributed by atoms with E-state index in [1.165, 1.54) is 37.8 Å². The molecule has 0 bridgehead atoms. The summed E-state index contributed by atoms with van der Waals surface area (Å²) in [7, 11) is 0. The van der Waals surface area contributed by atoms with Crippen molar-refractivity contribution in [3.63, 3.8) is 0 Å². The zero-order valence-corrected chi connectivity index (χ0v) is 11.0. The smallest absolute Gasteiger partial charge is 0.0325 e. The quantitative estimate of drug-likeness (QED) is 0.788. The van der Waals surface area contributed by atoms with Gasteiger partial charge in [0.05, 0.1) is 0 Å². The number of allylic oxidation sites excluding steroid dienone is 1. The van der Waals surface area contributed by atoms with Gasteiger partial charge in [-0.1, -0.05) is 13.3 Å². The number of fused-ring (bicyclic) bond motifs is 1. The average molecular weight is 225 g/mol. The van der Waals surface area contributed by atoms with E-state index in [1.807, 2.05) is 0 Å². The molecule has 0 amide bonds. The van der Waals surface area contributed by atoms with Crippen molar-refractivity contribution >= 4 is 11.8 Å². The van der Waals surface area contributed by atoms with E-state index in [0.717, 1.165) is 17.2 Å². The highest BCUT2D eigenvalue weighted by molar-refractivity contribution is 7.99. The molecule has 1 N–H and O–H groups in total. The molecule has 0 aromatic heterocycles. The molecule has 2 unspecified atom stereocenters. The van der Waals surface area contributed by atoms with Gasteiger partial charge < -0.3 is 5.32 Å². The Hall–Kier alpha value is -0.110. The standard InChI is InChI=1S/C13H23NS/c1-4-5-11-9(2)14-13-7-6-10(15-3)8-12(11)13/h10,12-14H,4-8H2,1-3H3/t10?,12?,13-/m0/s1. The van der Waals surface area contributed by atoms with Crippen LogP contribution in [0.1, 0.15) is 46.0 Å². The van der Waals surface area contributed by atoms with Crippen LogP contribution in [0.2, 0.25) is 0 Å². The van der Waals surface area contributed by atoms with E-state index in [2.05, 4.69) is 37.2 Å². The lowest BCUT2D eigenvalue weighted by atomic mass is 9.80. The Morgan fingerprint density at radius 2 is 2.20 bits per heavy atom. The molecule has 0 saturated heterocycles. The minimum atomic E-state index is 0.773. The van der Waals surface area contributed by atoms with Crippen molar-refractivity contribution in [2.75, 3.05) is 6.26 Å². The topological polar surface area (TPSA) is 12.0 Å². The zero-order valence-electron chi connectivity index (χ0n) is 10.2. The molecule has 0 radical (unpaired) electrons. The third-order valence-corrected chi connectivity index (χ3v) is 5.08. The van der Waals surface area contributed by atoms with Gasteiger partial charge in [-0.3, -0.25) is 0 Å². The van der Waals surface area contributed by atoms with Crippen LogP contribution in [0, 0.1) is 5.92 Å². The van der Waals surface area contributed by atoms with E-state index >= 15 is 0 Å². The molecule has 1 aliphatic heterocycles. The van der Waals surface area contributed by atoms with Crippen LogP contribution in [-0.4, -0.2) is 17.5 Å². The van der Waals surface area contributed by atoms with Crippen molar-refractivity contribution in [2.45, 2.75) is 57.2 Å².